The fraction of sp³-hybridized carbons (Fsp3) is 0.545. The van der Waals surface area contributed by atoms with Crippen LogP contribution in [0.4, 0.5) is 5.69 Å². The van der Waals surface area contributed by atoms with Crippen LogP contribution in [-0.2, 0) is 16.6 Å². The predicted molar refractivity (Wildman–Crippen MR) is 130 cm³/mol. The van der Waals surface area contributed by atoms with Gasteiger partial charge in [-0.05, 0) is 50.1 Å². The summed E-state index contributed by atoms with van der Waals surface area (Å²) in [5.41, 5.74) is 0.387. The summed E-state index contributed by atoms with van der Waals surface area (Å²) >= 11 is 6.35. The number of hydrogen-bond acceptors (Lipinski definition) is 7. The third-order valence-electron chi connectivity index (χ3n) is 5.35. The van der Waals surface area contributed by atoms with E-state index in [0.29, 0.717) is 24.5 Å². The number of aryl methyl sites for hydroxylation is 1. The van der Waals surface area contributed by atoms with Crippen LogP contribution in [0.2, 0.25) is 5.15 Å². The molecule has 0 radical (unpaired) electrons. The highest BCUT2D eigenvalue weighted by atomic mass is 35.5. The van der Waals surface area contributed by atoms with Crippen LogP contribution in [0.15, 0.2) is 40.0 Å². The molecule has 33 heavy (non-hydrogen) atoms. The molecule has 1 aromatic heterocycles. The number of rotatable bonds is 11. The summed E-state index contributed by atoms with van der Waals surface area (Å²) in [6.45, 7) is 6.45. The molecule has 0 amide bonds. The second-order valence-electron chi connectivity index (χ2n) is 7.90. The van der Waals surface area contributed by atoms with Crippen LogP contribution in [-0.4, -0.2) is 57.5 Å². The first-order chi connectivity index (χ1) is 15.9. The number of anilines is 1. The molecule has 1 aromatic carbocycles. The molecular weight excluding hydrogens is 466 g/mol. The van der Waals surface area contributed by atoms with Crippen molar-refractivity contribution in [3.8, 4) is 5.75 Å². The molecule has 0 spiro atoms. The number of nitrogens with zero attached hydrogens (tertiary/aromatic N) is 3. The summed E-state index contributed by atoms with van der Waals surface area (Å²) in [6, 6.07) is 7.85. The van der Waals surface area contributed by atoms with Gasteiger partial charge in [-0.2, -0.15) is 5.10 Å². The average molecular weight is 498 g/mol. The van der Waals surface area contributed by atoms with Crippen LogP contribution in [0, 0.1) is 0 Å². The Bertz CT molecular complexity index is 1050. The Morgan fingerprint density at radius 1 is 1.18 bits per heavy atom. The van der Waals surface area contributed by atoms with Crippen molar-refractivity contribution in [3.05, 3.63) is 45.8 Å². The summed E-state index contributed by atoms with van der Waals surface area (Å²) in [4.78, 5) is 14.7. The first-order valence-electron chi connectivity index (χ1n) is 11.4. The number of unbranched alkanes of at least 4 members (excludes halogenated alkanes) is 1. The largest absolute Gasteiger partial charge is 0.494 e. The van der Waals surface area contributed by atoms with E-state index in [1.54, 1.807) is 12.1 Å². The SMILES string of the molecule is CCCCOc1ccc(S(=O)(=O)NCCCn2nc(Cl)c(N3CCCNCC3)cc2=O)cc1. The van der Waals surface area contributed by atoms with E-state index in [-0.39, 0.29) is 28.7 Å². The summed E-state index contributed by atoms with van der Waals surface area (Å²) in [6.07, 6.45) is 3.34. The van der Waals surface area contributed by atoms with Crippen molar-refractivity contribution in [2.75, 3.05) is 44.2 Å². The van der Waals surface area contributed by atoms with Crippen molar-refractivity contribution in [2.45, 2.75) is 44.0 Å². The van der Waals surface area contributed by atoms with Crippen molar-refractivity contribution in [1.82, 2.24) is 19.8 Å². The van der Waals surface area contributed by atoms with Gasteiger partial charge in [0, 0.05) is 38.8 Å². The molecule has 0 atom stereocenters. The van der Waals surface area contributed by atoms with Crippen molar-refractivity contribution >= 4 is 27.3 Å². The number of hydrogen-bond donors (Lipinski definition) is 2. The fourth-order valence-corrected chi connectivity index (χ4v) is 4.83. The van der Waals surface area contributed by atoms with E-state index in [2.05, 4.69) is 27.0 Å². The average Bonchev–Trinajstić information content (AvgIpc) is 3.09. The molecule has 0 saturated carbocycles. The maximum absolute atomic E-state index is 12.5. The lowest BCUT2D eigenvalue weighted by Gasteiger charge is -2.23. The Hall–Kier alpha value is -2.14. The highest BCUT2D eigenvalue weighted by Gasteiger charge is 2.17. The molecule has 2 heterocycles. The minimum absolute atomic E-state index is 0.167. The highest BCUT2D eigenvalue weighted by molar-refractivity contribution is 7.89. The lowest BCUT2D eigenvalue weighted by atomic mass is 10.3. The number of ether oxygens (including phenoxy) is 1. The molecule has 1 aliphatic heterocycles. The first kappa shape index (κ1) is 25.5. The van der Waals surface area contributed by atoms with Gasteiger partial charge in [0.2, 0.25) is 10.0 Å². The summed E-state index contributed by atoms with van der Waals surface area (Å²) in [5.74, 6) is 0.643. The minimum Gasteiger partial charge on any atom is -0.494 e. The Morgan fingerprint density at radius 2 is 1.97 bits per heavy atom. The Morgan fingerprint density at radius 3 is 2.73 bits per heavy atom. The molecular formula is C22H32ClN5O4S. The zero-order chi connectivity index (χ0) is 23.7. The second-order valence-corrected chi connectivity index (χ2v) is 10.0. The lowest BCUT2D eigenvalue weighted by Crippen LogP contribution is -2.32. The number of aromatic nitrogens is 2. The van der Waals surface area contributed by atoms with Crippen LogP contribution in [0.1, 0.15) is 32.6 Å². The van der Waals surface area contributed by atoms with E-state index in [9.17, 15) is 13.2 Å². The molecule has 2 aromatic rings. The molecule has 11 heteroatoms. The molecule has 1 fully saturated rings. The van der Waals surface area contributed by atoms with E-state index < -0.39 is 10.0 Å². The predicted octanol–water partition coefficient (Wildman–Crippen LogP) is 2.24. The van der Waals surface area contributed by atoms with Gasteiger partial charge < -0.3 is 15.0 Å². The van der Waals surface area contributed by atoms with E-state index in [1.807, 2.05) is 0 Å². The number of benzene rings is 1. The Labute approximate surface area is 200 Å². The van der Waals surface area contributed by atoms with E-state index >= 15 is 0 Å². The first-order valence-corrected chi connectivity index (χ1v) is 13.2. The van der Waals surface area contributed by atoms with Crippen LogP contribution in [0.5, 0.6) is 5.75 Å². The van der Waals surface area contributed by atoms with Gasteiger partial charge in [0.25, 0.3) is 5.56 Å². The normalized spacial score (nSPS) is 14.8. The Kier molecular flexibility index (Phi) is 9.54. The Balaban J connectivity index is 1.52. The zero-order valence-corrected chi connectivity index (χ0v) is 20.5. The lowest BCUT2D eigenvalue weighted by molar-refractivity contribution is 0.309. The fourth-order valence-electron chi connectivity index (χ4n) is 3.49. The van der Waals surface area contributed by atoms with Crippen LogP contribution in [0.3, 0.4) is 0 Å². The van der Waals surface area contributed by atoms with E-state index in [1.165, 1.54) is 22.9 Å². The van der Waals surface area contributed by atoms with Crippen LogP contribution >= 0.6 is 11.6 Å². The molecule has 9 nitrogen and oxygen atoms in total. The zero-order valence-electron chi connectivity index (χ0n) is 18.9. The molecule has 182 valence electrons. The van der Waals surface area contributed by atoms with Gasteiger partial charge in [0.1, 0.15) is 5.75 Å². The second kappa shape index (κ2) is 12.4. The molecule has 0 unspecified atom stereocenters. The maximum atomic E-state index is 12.5. The summed E-state index contributed by atoms with van der Waals surface area (Å²) in [5, 5.41) is 7.82. The van der Waals surface area contributed by atoms with E-state index in [4.69, 9.17) is 16.3 Å². The monoisotopic (exact) mass is 497 g/mol. The van der Waals surface area contributed by atoms with Gasteiger partial charge in [0.05, 0.1) is 17.2 Å². The quantitative estimate of drug-likeness (QED) is 0.458. The van der Waals surface area contributed by atoms with Gasteiger partial charge in [-0.25, -0.2) is 17.8 Å². The molecule has 0 bridgehead atoms. The standard InChI is InChI=1S/C22H32ClN5O4S/c1-2-3-16-32-18-6-8-19(9-7-18)33(30,31)25-11-5-14-28-21(29)17-20(22(23)26-28)27-13-4-10-24-12-15-27/h6-9,17,24-25H,2-5,10-16H2,1H3. The smallest absolute Gasteiger partial charge is 0.268 e. The minimum atomic E-state index is -3.65. The number of halogens is 1. The number of sulfonamides is 1. The van der Waals surface area contributed by atoms with Crippen molar-refractivity contribution in [2.24, 2.45) is 0 Å². The molecule has 2 N–H and O–H groups in total. The summed E-state index contributed by atoms with van der Waals surface area (Å²) < 4.78 is 34.4. The van der Waals surface area contributed by atoms with Gasteiger partial charge in [-0.15, -0.1) is 0 Å². The van der Waals surface area contributed by atoms with E-state index in [0.717, 1.165) is 45.4 Å². The van der Waals surface area contributed by atoms with Gasteiger partial charge in [-0.1, -0.05) is 24.9 Å². The van der Waals surface area contributed by atoms with Gasteiger partial charge in [0.15, 0.2) is 5.15 Å². The van der Waals surface area contributed by atoms with Crippen molar-refractivity contribution < 1.29 is 13.2 Å². The van der Waals surface area contributed by atoms with Crippen LogP contribution in [0.25, 0.3) is 0 Å². The van der Waals surface area contributed by atoms with Crippen molar-refractivity contribution in [3.63, 3.8) is 0 Å². The third kappa shape index (κ3) is 7.43. The molecule has 0 aliphatic carbocycles. The van der Waals surface area contributed by atoms with Crippen molar-refractivity contribution in [1.29, 1.82) is 0 Å². The van der Waals surface area contributed by atoms with Crippen LogP contribution < -0.4 is 25.2 Å². The summed E-state index contributed by atoms with van der Waals surface area (Å²) in [7, 11) is -3.65. The third-order valence-corrected chi connectivity index (χ3v) is 7.10. The molecule has 1 aliphatic rings. The molecule has 3 rings (SSSR count). The number of nitrogens with one attached hydrogen (secondary N) is 2. The highest BCUT2D eigenvalue weighted by Crippen LogP contribution is 2.22. The van der Waals surface area contributed by atoms with Gasteiger partial charge >= 0.3 is 0 Å². The topological polar surface area (TPSA) is 106 Å². The maximum Gasteiger partial charge on any atom is 0.268 e. The molecule has 1 saturated heterocycles. The van der Waals surface area contributed by atoms with Gasteiger partial charge in [-0.3, -0.25) is 4.79 Å².